The van der Waals surface area contributed by atoms with Gasteiger partial charge in [-0.3, -0.25) is 4.79 Å². The van der Waals surface area contributed by atoms with Crippen LogP contribution in [-0.2, 0) is 0 Å². The number of hydrogen-bond acceptors (Lipinski definition) is 6. The number of phenols is 1. The number of aliphatic imine (C=N–C) groups is 1. The zero-order chi connectivity index (χ0) is 63.3. The molecule has 3 aromatic heterocycles. The van der Waals surface area contributed by atoms with Crippen LogP contribution in [0.3, 0.4) is 0 Å². The van der Waals surface area contributed by atoms with Crippen LogP contribution in [0, 0.1) is 14.3 Å². The van der Waals surface area contributed by atoms with Gasteiger partial charge < -0.3 is 24.6 Å². The molecule has 8 bridgehead atoms. The number of halogens is 8. The maximum atomic E-state index is 13.5. The summed E-state index contributed by atoms with van der Waals surface area (Å²) in [5, 5.41) is 23.9. The minimum atomic E-state index is -0.522. The van der Waals surface area contributed by atoms with E-state index in [1.807, 2.05) is 102 Å². The number of aliphatic hydroxyl groups is 1. The highest BCUT2D eigenvalue weighted by atomic mass is 127. The van der Waals surface area contributed by atoms with Crippen molar-refractivity contribution >= 4 is 206 Å². The molecule has 0 fully saturated rings. The van der Waals surface area contributed by atoms with Crippen LogP contribution < -0.4 is 5.43 Å². The van der Waals surface area contributed by atoms with Gasteiger partial charge in [-0.25, -0.2) is 15.0 Å². The van der Waals surface area contributed by atoms with E-state index in [0.29, 0.717) is 59.9 Å². The van der Waals surface area contributed by atoms with E-state index in [1.165, 1.54) is 16.7 Å². The number of fused-ring (bicyclic) bond motifs is 10. The van der Waals surface area contributed by atoms with E-state index in [0.717, 1.165) is 83.7 Å². The van der Waals surface area contributed by atoms with Crippen molar-refractivity contribution in [3.05, 3.63) is 223 Å². The summed E-state index contributed by atoms with van der Waals surface area (Å²) in [6.45, 7) is 13.2. The number of hydrogen-bond donors (Lipinski definition) is 4. The number of aliphatic hydroxyl groups excluding tert-OH is 1. The monoisotopic (exact) mass is 1710 g/mol. The minimum Gasteiger partial charge on any atom is -0.506 e. The predicted molar refractivity (Wildman–Crippen MR) is 409 cm³/mol. The van der Waals surface area contributed by atoms with Crippen molar-refractivity contribution in [3.8, 4) is 72.7 Å². The van der Waals surface area contributed by atoms with Crippen LogP contribution in [0.2, 0.25) is 20.1 Å². The number of rotatable bonds is 10. The SMILES string of the molecule is CC(C)c1ccc(-c2c3nc(c(-c4ccc(C(C)C)cc4)c4ccc([nH]4)c(-c4ccc(C(C)C)cc4)c4nc(c(-c5ccc(N=C(O)c6c(Cl)c(Cl)c(Cl)c(Cl)c6-c6c7cc(I)c(=O)c(I)c-7oc7c(I)c(O)c(I)cc67)cc5)c5ccc2[nH]5)C=C4)C=C3)cc1. The van der Waals surface area contributed by atoms with Gasteiger partial charge in [-0.05, 0) is 220 Å². The molecular formula is C73H51Cl4I4N5O4. The molecule has 0 saturated heterocycles. The maximum Gasteiger partial charge on any atom is 0.221 e. The molecule has 0 radical (unpaired) electrons. The van der Waals surface area contributed by atoms with Crippen molar-refractivity contribution in [1.29, 1.82) is 0 Å². The van der Waals surface area contributed by atoms with E-state index >= 15 is 0 Å². The fourth-order valence-electron chi connectivity index (χ4n) is 11.7. The van der Waals surface area contributed by atoms with Gasteiger partial charge in [0, 0.05) is 66.4 Å². The van der Waals surface area contributed by atoms with Crippen molar-refractivity contribution < 1.29 is 14.6 Å². The smallest absolute Gasteiger partial charge is 0.221 e. The Kier molecular flexibility index (Phi) is 17.5. The minimum absolute atomic E-state index is 0.00910. The van der Waals surface area contributed by atoms with Crippen molar-refractivity contribution in [2.24, 2.45) is 4.99 Å². The third-order valence-corrected chi connectivity index (χ3v) is 21.9. The number of aromatic nitrogens is 4. The number of benzene rings is 7. The molecule has 4 N–H and O–H groups in total. The van der Waals surface area contributed by atoms with Crippen LogP contribution in [0.25, 0.3) is 124 Å². The second-order valence-electron chi connectivity index (χ2n) is 23.1. The van der Waals surface area contributed by atoms with Crippen molar-refractivity contribution in [2.75, 3.05) is 0 Å². The molecule has 9 aromatic rings. The van der Waals surface area contributed by atoms with E-state index in [1.54, 1.807) is 24.3 Å². The first-order valence-corrected chi connectivity index (χ1v) is 34.7. The Hall–Kier alpha value is -6.04. The van der Waals surface area contributed by atoms with Gasteiger partial charge >= 0.3 is 0 Å². The standard InChI is InChI=1S/C73H51Cl4I4N5O4/c1-33(2)36-7-13-39(14-8-36)56-48-23-25-50(83-48)57(40-15-9-37(10-16-40)34(3)4)52-27-29-54(85-52)59(55-30-28-53(86-55)58(51-26-24-49(56)84-51)41-17-11-38(12-18-41)35(5)6)42-19-21-43(22-20-42)82-73(89)62-61(63(74)65(76)66(77)64(62)75)60-44-31-46(78)69(87)67(80)71(44)90-72-45(60)32-47(79)70(88)68(72)81/h7-35,83,86-87H,1-6H3,(H,82,89). The lowest BCUT2D eigenvalue weighted by Gasteiger charge is -2.22. The molecule has 1 aliphatic carbocycles. The number of nitrogens with zero attached hydrogens (tertiary/aromatic N) is 3. The van der Waals surface area contributed by atoms with Crippen molar-refractivity contribution in [1.82, 2.24) is 19.9 Å². The molecule has 9 nitrogen and oxygen atoms in total. The van der Waals surface area contributed by atoms with E-state index in [2.05, 4.69) is 173 Å². The Morgan fingerprint density at radius 1 is 0.489 bits per heavy atom. The molecule has 13 rings (SSSR count). The highest BCUT2D eigenvalue weighted by Gasteiger charge is 2.33. The van der Waals surface area contributed by atoms with Crippen molar-refractivity contribution in [3.63, 3.8) is 0 Å². The van der Waals surface area contributed by atoms with Gasteiger partial charge in [-0.1, -0.05) is 173 Å². The van der Waals surface area contributed by atoms with Gasteiger partial charge in [-0.2, -0.15) is 0 Å². The lowest BCUT2D eigenvalue weighted by molar-refractivity contribution is 0.466. The Morgan fingerprint density at radius 2 is 0.878 bits per heavy atom. The summed E-state index contributed by atoms with van der Waals surface area (Å²) < 4.78 is 8.08. The van der Waals surface area contributed by atoms with Gasteiger partial charge in [0.25, 0.3) is 0 Å². The number of H-pyrrole nitrogens is 2. The van der Waals surface area contributed by atoms with E-state index in [9.17, 15) is 15.0 Å². The molecule has 0 saturated carbocycles. The molecule has 0 unspecified atom stereocenters. The zero-order valence-corrected chi connectivity index (χ0v) is 60.5. The summed E-state index contributed by atoms with van der Waals surface area (Å²) in [7, 11) is 0. The number of aromatic amines is 2. The van der Waals surface area contributed by atoms with Crippen LogP contribution in [0.4, 0.5) is 5.69 Å². The lowest BCUT2D eigenvalue weighted by Crippen LogP contribution is -2.13. The largest absolute Gasteiger partial charge is 0.506 e. The van der Waals surface area contributed by atoms with E-state index < -0.39 is 5.90 Å². The molecule has 17 heteroatoms. The Balaban J connectivity index is 1.04. The quantitative estimate of drug-likeness (QED) is 0.0268. The molecule has 0 atom stereocenters. The van der Waals surface area contributed by atoms with Gasteiger partial charge in [0.1, 0.15) is 9.32 Å². The third-order valence-electron chi connectivity index (χ3n) is 16.5. The molecule has 448 valence electrons. The average molecular weight is 1710 g/mol. The van der Waals surface area contributed by atoms with Gasteiger partial charge in [0.2, 0.25) is 11.3 Å². The molecular weight excluding hydrogens is 1660 g/mol. The van der Waals surface area contributed by atoms with Crippen LogP contribution in [0.15, 0.2) is 148 Å². The molecule has 0 spiro atoms. The predicted octanol–water partition coefficient (Wildman–Crippen LogP) is 23.9. The van der Waals surface area contributed by atoms with Gasteiger partial charge in [0.05, 0.1) is 64.8 Å². The lowest BCUT2D eigenvalue weighted by atomic mass is 9.90. The normalized spacial score (nSPS) is 12.5. The summed E-state index contributed by atoms with van der Waals surface area (Å²) >= 11 is 36.3. The van der Waals surface area contributed by atoms with Gasteiger partial charge in [-0.15, -0.1) is 0 Å². The Bertz CT molecular complexity index is 5060. The highest BCUT2D eigenvalue weighted by molar-refractivity contribution is 14.1. The van der Waals surface area contributed by atoms with E-state index in [4.69, 9.17) is 65.8 Å². The van der Waals surface area contributed by atoms with Crippen LogP contribution in [-0.4, -0.2) is 36.0 Å². The number of aromatic hydroxyl groups is 1. The molecule has 3 aliphatic heterocycles. The Labute approximate surface area is 593 Å². The second-order valence-corrected chi connectivity index (χ2v) is 29.1. The van der Waals surface area contributed by atoms with Crippen LogP contribution >= 0.6 is 137 Å². The summed E-state index contributed by atoms with van der Waals surface area (Å²) in [6.07, 6.45) is 8.38. The molecule has 6 heterocycles. The first kappa shape index (κ1) is 62.8. The number of phenolic OH excluding ortho intramolecular Hbond substituents is 1. The Morgan fingerprint density at radius 3 is 1.28 bits per heavy atom. The molecule has 90 heavy (non-hydrogen) atoms. The number of nitrogens with one attached hydrogen (secondary N) is 2. The average Bonchev–Trinajstić information content (AvgIpc) is 0.956. The maximum absolute atomic E-state index is 13.5. The fourth-order valence-corrected chi connectivity index (χ4v) is 16.4. The molecule has 4 aliphatic rings. The third kappa shape index (κ3) is 11.3. The van der Waals surface area contributed by atoms with Gasteiger partial charge in [0.15, 0.2) is 11.3 Å². The zero-order valence-electron chi connectivity index (χ0n) is 48.8. The van der Waals surface area contributed by atoms with Crippen LogP contribution in [0.5, 0.6) is 5.75 Å². The van der Waals surface area contributed by atoms with E-state index in [-0.39, 0.29) is 53.7 Å². The first-order chi connectivity index (χ1) is 43.1. The summed E-state index contributed by atoms with van der Waals surface area (Å²) in [6, 6.07) is 45.7. The second kappa shape index (κ2) is 25.1. The summed E-state index contributed by atoms with van der Waals surface area (Å²) in [5.41, 5.74) is 19.2. The van der Waals surface area contributed by atoms with Crippen molar-refractivity contribution in [2.45, 2.75) is 59.3 Å². The van der Waals surface area contributed by atoms with Crippen LogP contribution in [0.1, 0.15) is 104 Å². The highest BCUT2D eigenvalue weighted by Crippen LogP contribution is 2.53. The summed E-state index contributed by atoms with van der Waals surface area (Å²) in [4.78, 5) is 37.2. The summed E-state index contributed by atoms with van der Waals surface area (Å²) in [5.74, 6) is 0.756. The topological polar surface area (TPSA) is 140 Å². The molecule has 6 aromatic carbocycles. The first-order valence-electron chi connectivity index (χ1n) is 28.8. The fraction of sp³-hybridized carbons (Fsp3) is 0.123. The molecule has 0 amide bonds.